The lowest BCUT2D eigenvalue weighted by Crippen LogP contribution is -2.14. The highest BCUT2D eigenvalue weighted by Crippen LogP contribution is 2.18. The molecule has 0 aliphatic carbocycles. The standard InChI is InChI=1S/C17H19N3/c1-12-17(13(2)20-19-12)11-18-10-15-8-5-7-14-6-3-4-9-16(14)15/h3-9,18H,10-11H2,1-2H3,(H,19,20). The summed E-state index contributed by atoms with van der Waals surface area (Å²) >= 11 is 0. The van der Waals surface area contributed by atoms with Crippen molar-refractivity contribution in [2.45, 2.75) is 26.9 Å². The van der Waals surface area contributed by atoms with E-state index < -0.39 is 0 Å². The van der Waals surface area contributed by atoms with Gasteiger partial charge in [0, 0.05) is 24.3 Å². The van der Waals surface area contributed by atoms with E-state index >= 15 is 0 Å². The quantitative estimate of drug-likeness (QED) is 0.758. The predicted octanol–water partition coefficient (Wildman–Crippen LogP) is 3.47. The molecule has 3 rings (SSSR count). The molecule has 0 fully saturated rings. The minimum absolute atomic E-state index is 0.845. The van der Waals surface area contributed by atoms with Crippen LogP contribution >= 0.6 is 0 Å². The van der Waals surface area contributed by atoms with Crippen LogP contribution in [0.4, 0.5) is 0 Å². The van der Waals surface area contributed by atoms with Gasteiger partial charge >= 0.3 is 0 Å². The average Bonchev–Trinajstić information content (AvgIpc) is 2.79. The molecule has 2 aromatic carbocycles. The summed E-state index contributed by atoms with van der Waals surface area (Å²) in [6, 6.07) is 15.0. The molecule has 0 saturated heterocycles. The molecule has 1 aromatic heterocycles. The number of aromatic amines is 1. The predicted molar refractivity (Wildman–Crippen MR) is 82.6 cm³/mol. The number of H-pyrrole nitrogens is 1. The van der Waals surface area contributed by atoms with Crippen LogP contribution in [-0.2, 0) is 13.1 Å². The van der Waals surface area contributed by atoms with Crippen LogP contribution in [0.25, 0.3) is 10.8 Å². The third kappa shape index (κ3) is 2.45. The van der Waals surface area contributed by atoms with E-state index in [2.05, 4.69) is 64.9 Å². The molecule has 0 unspecified atom stereocenters. The molecular formula is C17H19N3. The lowest BCUT2D eigenvalue weighted by molar-refractivity contribution is 0.691. The van der Waals surface area contributed by atoms with E-state index in [1.165, 1.54) is 21.9 Å². The van der Waals surface area contributed by atoms with Gasteiger partial charge in [0.15, 0.2) is 0 Å². The first kappa shape index (κ1) is 12.9. The van der Waals surface area contributed by atoms with Gasteiger partial charge < -0.3 is 5.32 Å². The van der Waals surface area contributed by atoms with Gasteiger partial charge in [-0.1, -0.05) is 42.5 Å². The molecule has 1 heterocycles. The van der Waals surface area contributed by atoms with E-state index in [9.17, 15) is 0 Å². The van der Waals surface area contributed by atoms with E-state index in [0.717, 1.165) is 24.5 Å². The summed E-state index contributed by atoms with van der Waals surface area (Å²) in [5.74, 6) is 0. The second-order valence-corrected chi connectivity index (χ2v) is 5.15. The van der Waals surface area contributed by atoms with E-state index in [1.807, 2.05) is 6.92 Å². The molecule has 0 aliphatic rings. The van der Waals surface area contributed by atoms with Gasteiger partial charge in [-0.15, -0.1) is 0 Å². The smallest absolute Gasteiger partial charge is 0.0638 e. The normalized spacial score (nSPS) is 11.1. The Hall–Kier alpha value is -2.13. The second kappa shape index (κ2) is 5.47. The van der Waals surface area contributed by atoms with Gasteiger partial charge in [-0.05, 0) is 30.2 Å². The molecule has 0 saturated carbocycles. The average molecular weight is 265 g/mol. The summed E-state index contributed by atoms with van der Waals surface area (Å²) in [5, 5.41) is 13.4. The van der Waals surface area contributed by atoms with Gasteiger partial charge in [-0.25, -0.2) is 0 Å². The van der Waals surface area contributed by atoms with Gasteiger partial charge in [0.2, 0.25) is 0 Å². The largest absolute Gasteiger partial charge is 0.308 e. The first-order valence-corrected chi connectivity index (χ1v) is 6.93. The Morgan fingerprint density at radius 1 is 1.00 bits per heavy atom. The first-order chi connectivity index (χ1) is 9.75. The third-order valence-electron chi connectivity index (χ3n) is 3.78. The number of hydrogen-bond donors (Lipinski definition) is 2. The van der Waals surface area contributed by atoms with Crippen LogP contribution in [0.1, 0.15) is 22.5 Å². The highest BCUT2D eigenvalue weighted by atomic mass is 15.1. The van der Waals surface area contributed by atoms with Gasteiger partial charge in [0.1, 0.15) is 0 Å². The Bertz CT molecular complexity index is 703. The van der Waals surface area contributed by atoms with Crippen LogP contribution < -0.4 is 5.32 Å². The SMILES string of the molecule is Cc1n[nH]c(C)c1CNCc1cccc2ccccc12. The Kier molecular flexibility index (Phi) is 3.52. The van der Waals surface area contributed by atoms with E-state index in [-0.39, 0.29) is 0 Å². The fourth-order valence-electron chi connectivity index (χ4n) is 2.60. The van der Waals surface area contributed by atoms with Crippen LogP contribution in [0, 0.1) is 13.8 Å². The van der Waals surface area contributed by atoms with Crippen molar-refractivity contribution in [2.24, 2.45) is 0 Å². The maximum absolute atomic E-state index is 4.23. The molecule has 0 atom stereocenters. The minimum atomic E-state index is 0.845. The van der Waals surface area contributed by atoms with Crippen molar-refractivity contribution in [1.82, 2.24) is 15.5 Å². The summed E-state index contributed by atoms with van der Waals surface area (Å²) in [7, 11) is 0. The zero-order chi connectivity index (χ0) is 13.9. The number of aryl methyl sites for hydroxylation is 2. The number of fused-ring (bicyclic) bond motifs is 1. The van der Waals surface area contributed by atoms with E-state index in [1.54, 1.807) is 0 Å². The molecule has 102 valence electrons. The molecule has 0 spiro atoms. The lowest BCUT2D eigenvalue weighted by Gasteiger charge is -2.08. The maximum Gasteiger partial charge on any atom is 0.0638 e. The fourth-order valence-corrected chi connectivity index (χ4v) is 2.60. The van der Waals surface area contributed by atoms with Gasteiger partial charge in [-0.2, -0.15) is 5.10 Å². The monoisotopic (exact) mass is 265 g/mol. The van der Waals surface area contributed by atoms with Gasteiger partial charge in [0.05, 0.1) is 5.69 Å². The third-order valence-corrected chi connectivity index (χ3v) is 3.78. The van der Waals surface area contributed by atoms with Crippen LogP contribution in [0.15, 0.2) is 42.5 Å². The molecule has 0 amide bonds. The zero-order valence-corrected chi connectivity index (χ0v) is 11.9. The summed E-state index contributed by atoms with van der Waals surface area (Å²) in [4.78, 5) is 0. The molecule has 2 N–H and O–H groups in total. The fraction of sp³-hybridized carbons (Fsp3) is 0.235. The topological polar surface area (TPSA) is 40.7 Å². The Balaban J connectivity index is 1.75. The number of nitrogens with one attached hydrogen (secondary N) is 2. The van der Waals surface area contributed by atoms with Crippen molar-refractivity contribution in [1.29, 1.82) is 0 Å². The highest BCUT2D eigenvalue weighted by Gasteiger charge is 2.06. The Morgan fingerprint density at radius 3 is 2.60 bits per heavy atom. The highest BCUT2D eigenvalue weighted by molar-refractivity contribution is 5.85. The molecule has 20 heavy (non-hydrogen) atoms. The molecular weight excluding hydrogens is 246 g/mol. The molecule has 3 heteroatoms. The van der Waals surface area contributed by atoms with Crippen LogP contribution in [-0.4, -0.2) is 10.2 Å². The zero-order valence-electron chi connectivity index (χ0n) is 11.9. The van der Waals surface area contributed by atoms with Gasteiger partial charge in [-0.3, -0.25) is 5.10 Å². The molecule has 0 radical (unpaired) electrons. The number of rotatable bonds is 4. The minimum Gasteiger partial charge on any atom is -0.308 e. The summed E-state index contributed by atoms with van der Waals surface area (Å²) in [6.07, 6.45) is 0. The van der Waals surface area contributed by atoms with Crippen molar-refractivity contribution in [3.05, 3.63) is 65.0 Å². The van der Waals surface area contributed by atoms with E-state index in [4.69, 9.17) is 0 Å². The summed E-state index contributed by atoms with van der Waals surface area (Å²) in [6.45, 7) is 5.82. The summed E-state index contributed by atoms with van der Waals surface area (Å²) < 4.78 is 0. The molecule has 0 aliphatic heterocycles. The van der Waals surface area contributed by atoms with Crippen LogP contribution in [0.3, 0.4) is 0 Å². The summed E-state index contributed by atoms with van der Waals surface area (Å²) in [5.41, 5.74) is 4.83. The van der Waals surface area contributed by atoms with Crippen molar-refractivity contribution in [3.8, 4) is 0 Å². The van der Waals surface area contributed by atoms with Crippen LogP contribution in [0.5, 0.6) is 0 Å². The van der Waals surface area contributed by atoms with Crippen molar-refractivity contribution in [3.63, 3.8) is 0 Å². The number of hydrogen-bond acceptors (Lipinski definition) is 2. The lowest BCUT2D eigenvalue weighted by atomic mass is 10.0. The molecule has 3 aromatic rings. The second-order valence-electron chi connectivity index (χ2n) is 5.15. The van der Waals surface area contributed by atoms with Crippen molar-refractivity contribution >= 4 is 10.8 Å². The number of nitrogens with zero attached hydrogens (tertiary/aromatic N) is 1. The first-order valence-electron chi connectivity index (χ1n) is 6.93. The Labute approximate surface area is 119 Å². The maximum atomic E-state index is 4.23. The number of aromatic nitrogens is 2. The van der Waals surface area contributed by atoms with Crippen molar-refractivity contribution in [2.75, 3.05) is 0 Å². The molecule has 3 nitrogen and oxygen atoms in total. The van der Waals surface area contributed by atoms with Gasteiger partial charge in [0.25, 0.3) is 0 Å². The van der Waals surface area contributed by atoms with Crippen molar-refractivity contribution < 1.29 is 0 Å². The Morgan fingerprint density at radius 2 is 1.80 bits per heavy atom. The molecule has 0 bridgehead atoms. The number of benzene rings is 2. The van der Waals surface area contributed by atoms with Crippen LogP contribution in [0.2, 0.25) is 0 Å². The van der Waals surface area contributed by atoms with E-state index in [0.29, 0.717) is 0 Å².